The minimum absolute atomic E-state index is 0.0433. The fourth-order valence-electron chi connectivity index (χ4n) is 2.16. The van der Waals surface area contributed by atoms with Crippen molar-refractivity contribution in [1.29, 1.82) is 0 Å². The maximum atomic E-state index is 11.9. The van der Waals surface area contributed by atoms with E-state index in [2.05, 4.69) is 38.0 Å². The number of alkyl halides is 1. The molecular formula is C14H23ClN2OS. The summed E-state index contributed by atoms with van der Waals surface area (Å²) in [7, 11) is 0. The average Bonchev–Trinajstić information content (AvgIpc) is 2.75. The molecule has 1 amide bonds. The topological polar surface area (TPSA) is 42.0 Å². The van der Waals surface area contributed by atoms with E-state index in [9.17, 15) is 4.79 Å². The van der Waals surface area contributed by atoms with E-state index in [1.54, 1.807) is 0 Å². The predicted octanol–water partition coefficient (Wildman–Crippen LogP) is 3.47. The molecule has 1 aromatic heterocycles. The van der Waals surface area contributed by atoms with Crippen LogP contribution in [0.4, 0.5) is 0 Å². The van der Waals surface area contributed by atoms with Crippen LogP contribution in [-0.2, 0) is 17.1 Å². The first kappa shape index (κ1) is 16.4. The van der Waals surface area contributed by atoms with Crippen LogP contribution in [0, 0.1) is 17.8 Å². The van der Waals surface area contributed by atoms with E-state index in [0.29, 0.717) is 30.1 Å². The average molecular weight is 303 g/mol. The zero-order valence-electron chi connectivity index (χ0n) is 12.1. The van der Waals surface area contributed by atoms with Gasteiger partial charge in [-0.25, -0.2) is 4.98 Å². The number of hydrogen-bond donors (Lipinski definition) is 1. The van der Waals surface area contributed by atoms with Crippen LogP contribution in [0.2, 0.25) is 0 Å². The molecule has 0 saturated heterocycles. The summed E-state index contributed by atoms with van der Waals surface area (Å²) in [5, 5.41) is 5.75. The first-order valence-electron chi connectivity index (χ1n) is 6.70. The molecule has 1 heterocycles. The Morgan fingerprint density at radius 1 is 1.37 bits per heavy atom. The number of aromatic nitrogens is 1. The Morgan fingerprint density at radius 3 is 2.47 bits per heavy atom. The highest BCUT2D eigenvalue weighted by Gasteiger charge is 2.18. The van der Waals surface area contributed by atoms with Crippen LogP contribution < -0.4 is 5.32 Å². The van der Waals surface area contributed by atoms with Gasteiger partial charge < -0.3 is 5.32 Å². The number of carbonyl (C=O) groups is 1. The molecule has 108 valence electrons. The van der Waals surface area contributed by atoms with Crippen LogP contribution in [0.3, 0.4) is 0 Å². The van der Waals surface area contributed by atoms with Crippen molar-refractivity contribution >= 4 is 28.8 Å². The van der Waals surface area contributed by atoms with Crippen molar-refractivity contribution < 1.29 is 4.79 Å². The molecule has 1 aromatic rings. The van der Waals surface area contributed by atoms with E-state index >= 15 is 0 Å². The van der Waals surface area contributed by atoms with Crippen LogP contribution in [0.5, 0.6) is 0 Å². The highest BCUT2D eigenvalue weighted by Crippen LogP contribution is 2.19. The van der Waals surface area contributed by atoms with E-state index in [1.807, 2.05) is 5.38 Å². The van der Waals surface area contributed by atoms with Gasteiger partial charge in [0, 0.05) is 11.9 Å². The normalized spacial score (nSPS) is 11.6. The molecule has 1 N–H and O–H groups in total. The van der Waals surface area contributed by atoms with E-state index in [-0.39, 0.29) is 5.91 Å². The third-order valence-electron chi connectivity index (χ3n) is 3.30. The third kappa shape index (κ3) is 5.49. The molecular weight excluding hydrogens is 280 g/mol. The van der Waals surface area contributed by atoms with Gasteiger partial charge in [0.1, 0.15) is 5.01 Å². The highest BCUT2D eigenvalue weighted by molar-refractivity contribution is 7.09. The molecule has 3 nitrogen and oxygen atoms in total. The van der Waals surface area contributed by atoms with Gasteiger partial charge in [0.25, 0.3) is 0 Å². The summed E-state index contributed by atoms with van der Waals surface area (Å²) in [6, 6.07) is 0. The Hall–Kier alpha value is -0.610. The molecule has 0 aliphatic heterocycles. The Kier molecular flexibility index (Phi) is 6.80. The lowest BCUT2D eigenvalue weighted by Gasteiger charge is -2.24. The van der Waals surface area contributed by atoms with E-state index < -0.39 is 0 Å². The number of nitrogens with zero attached hydrogens (tertiary/aromatic N) is 1. The van der Waals surface area contributed by atoms with Gasteiger partial charge in [-0.1, -0.05) is 27.7 Å². The highest BCUT2D eigenvalue weighted by atomic mass is 35.5. The number of halogens is 1. The lowest BCUT2D eigenvalue weighted by atomic mass is 9.85. The van der Waals surface area contributed by atoms with Gasteiger partial charge >= 0.3 is 0 Å². The molecule has 0 atom stereocenters. The largest absolute Gasteiger partial charge is 0.355 e. The fourth-order valence-corrected chi connectivity index (χ4v) is 3.19. The summed E-state index contributed by atoms with van der Waals surface area (Å²) < 4.78 is 0. The smallest absolute Gasteiger partial charge is 0.226 e. The summed E-state index contributed by atoms with van der Waals surface area (Å²) in [6.45, 7) is 9.53. The minimum Gasteiger partial charge on any atom is -0.355 e. The molecule has 0 unspecified atom stereocenters. The summed E-state index contributed by atoms with van der Waals surface area (Å²) in [4.78, 5) is 16.2. The van der Waals surface area contributed by atoms with Crippen molar-refractivity contribution in [3.8, 4) is 0 Å². The molecule has 19 heavy (non-hydrogen) atoms. The van der Waals surface area contributed by atoms with Gasteiger partial charge in [0.15, 0.2) is 0 Å². The first-order chi connectivity index (χ1) is 8.93. The van der Waals surface area contributed by atoms with Crippen LogP contribution in [0.15, 0.2) is 5.38 Å². The zero-order valence-corrected chi connectivity index (χ0v) is 13.6. The molecule has 0 aliphatic carbocycles. The van der Waals surface area contributed by atoms with Crippen molar-refractivity contribution in [1.82, 2.24) is 10.3 Å². The molecule has 0 spiro atoms. The second-order valence-electron chi connectivity index (χ2n) is 5.50. The van der Waals surface area contributed by atoms with Crippen molar-refractivity contribution in [2.24, 2.45) is 17.8 Å². The number of amides is 1. The maximum Gasteiger partial charge on any atom is 0.226 e. The monoisotopic (exact) mass is 302 g/mol. The fraction of sp³-hybridized carbons (Fsp3) is 0.714. The van der Waals surface area contributed by atoms with Gasteiger partial charge in [-0.15, -0.1) is 22.9 Å². The molecule has 1 rings (SSSR count). The standard InChI is InChI=1S/C14H23ClN2OS/c1-9(2)12(10(3)4)7-16-13(18)5-14-17-11(6-15)8-19-14/h8-10,12H,5-7H2,1-4H3,(H,16,18). The Balaban J connectivity index is 2.42. The van der Waals surface area contributed by atoms with Gasteiger partial charge in [-0.05, 0) is 17.8 Å². The lowest BCUT2D eigenvalue weighted by molar-refractivity contribution is -0.120. The second kappa shape index (κ2) is 7.85. The van der Waals surface area contributed by atoms with Crippen LogP contribution in [0.1, 0.15) is 38.4 Å². The lowest BCUT2D eigenvalue weighted by Crippen LogP contribution is -2.34. The van der Waals surface area contributed by atoms with Gasteiger partial charge in [0.2, 0.25) is 5.91 Å². The number of rotatable bonds is 7. The number of thiazole rings is 1. The summed E-state index contributed by atoms with van der Waals surface area (Å²) in [6.07, 6.45) is 0.352. The van der Waals surface area contributed by atoms with Gasteiger partial charge in [0.05, 0.1) is 18.0 Å². The van der Waals surface area contributed by atoms with Crippen LogP contribution in [0.25, 0.3) is 0 Å². The summed E-state index contributed by atoms with van der Waals surface area (Å²) in [5.74, 6) is 2.10. The molecule has 0 aliphatic rings. The Labute approximate surface area is 124 Å². The molecule has 0 bridgehead atoms. The predicted molar refractivity (Wildman–Crippen MR) is 81.6 cm³/mol. The number of carbonyl (C=O) groups excluding carboxylic acids is 1. The Morgan fingerprint density at radius 2 is 2.00 bits per heavy atom. The SMILES string of the molecule is CC(C)C(CNC(=O)Cc1nc(CCl)cs1)C(C)C. The van der Waals surface area contributed by atoms with Crippen molar-refractivity contribution in [3.05, 3.63) is 16.1 Å². The zero-order chi connectivity index (χ0) is 14.4. The second-order valence-corrected chi connectivity index (χ2v) is 6.71. The minimum atomic E-state index is 0.0433. The van der Waals surface area contributed by atoms with Crippen molar-refractivity contribution in [3.63, 3.8) is 0 Å². The number of nitrogens with one attached hydrogen (secondary N) is 1. The molecule has 0 aromatic carbocycles. The van der Waals surface area contributed by atoms with Crippen LogP contribution in [-0.4, -0.2) is 17.4 Å². The molecule has 0 radical (unpaired) electrons. The molecule has 0 saturated carbocycles. The first-order valence-corrected chi connectivity index (χ1v) is 8.11. The third-order valence-corrected chi connectivity index (χ3v) is 4.47. The van der Waals surface area contributed by atoms with E-state index in [4.69, 9.17) is 11.6 Å². The maximum absolute atomic E-state index is 11.9. The van der Waals surface area contributed by atoms with E-state index in [1.165, 1.54) is 11.3 Å². The molecule has 5 heteroatoms. The summed E-state index contributed by atoms with van der Waals surface area (Å²) >= 11 is 7.19. The summed E-state index contributed by atoms with van der Waals surface area (Å²) in [5.41, 5.74) is 0.844. The molecule has 0 fully saturated rings. The Bertz CT molecular complexity index is 396. The van der Waals surface area contributed by atoms with Gasteiger partial charge in [-0.3, -0.25) is 4.79 Å². The van der Waals surface area contributed by atoms with Gasteiger partial charge in [-0.2, -0.15) is 0 Å². The van der Waals surface area contributed by atoms with Crippen molar-refractivity contribution in [2.75, 3.05) is 6.54 Å². The van der Waals surface area contributed by atoms with Crippen molar-refractivity contribution in [2.45, 2.75) is 40.0 Å². The van der Waals surface area contributed by atoms with Crippen LogP contribution >= 0.6 is 22.9 Å². The quantitative estimate of drug-likeness (QED) is 0.784. The van der Waals surface area contributed by atoms with E-state index in [0.717, 1.165) is 17.2 Å². The number of hydrogen-bond acceptors (Lipinski definition) is 3.